The minimum absolute atomic E-state index is 0.00157. The Morgan fingerprint density at radius 1 is 1.23 bits per heavy atom. The van der Waals surface area contributed by atoms with Crippen molar-refractivity contribution < 1.29 is 31.1 Å². The summed E-state index contributed by atoms with van der Waals surface area (Å²) in [7, 11) is -3.67. The van der Waals surface area contributed by atoms with Crippen LogP contribution in [0.5, 0.6) is 5.75 Å². The molecule has 1 aromatic rings. The largest absolute Gasteiger partial charge is 0.484 e. The van der Waals surface area contributed by atoms with Gasteiger partial charge in [0.25, 0.3) is 0 Å². The molecule has 26 heavy (non-hydrogen) atoms. The number of hydrogen-bond acceptors (Lipinski definition) is 4. The van der Waals surface area contributed by atoms with Gasteiger partial charge in [-0.05, 0) is 43.9 Å². The number of ether oxygens (including phenoxy) is 1. The minimum atomic E-state index is -4.44. The van der Waals surface area contributed by atoms with E-state index in [0.717, 1.165) is 19.3 Å². The van der Waals surface area contributed by atoms with Crippen molar-refractivity contribution in [3.05, 3.63) is 29.8 Å². The van der Waals surface area contributed by atoms with Crippen LogP contribution in [0.2, 0.25) is 0 Å². The zero-order valence-corrected chi connectivity index (χ0v) is 15.3. The first kappa shape index (κ1) is 20.5. The highest BCUT2D eigenvalue weighted by molar-refractivity contribution is 7.91. The van der Waals surface area contributed by atoms with Crippen molar-refractivity contribution in [1.29, 1.82) is 0 Å². The fraction of sp³-hybridized carbons (Fsp3) is 0.588. The lowest BCUT2D eigenvalue weighted by molar-refractivity contribution is -0.153. The van der Waals surface area contributed by atoms with Crippen molar-refractivity contribution in [2.75, 3.05) is 18.9 Å². The molecule has 0 aromatic heterocycles. The van der Waals surface area contributed by atoms with Crippen LogP contribution in [0.15, 0.2) is 24.3 Å². The van der Waals surface area contributed by atoms with Gasteiger partial charge in [0.15, 0.2) is 16.4 Å². The second-order valence-corrected chi connectivity index (χ2v) is 8.58. The Hall–Kier alpha value is -1.77. The highest BCUT2D eigenvalue weighted by Gasteiger charge is 2.29. The van der Waals surface area contributed by atoms with Crippen LogP contribution in [0.1, 0.15) is 31.7 Å². The molecular formula is C17H22F3NO4S. The van der Waals surface area contributed by atoms with Crippen molar-refractivity contribution in [3.8, 4) is 5.75 Å². The maximum Gasteiger partial charge on any atom is 0.422 e. The van der Waals surface area contributed by atoms with Crippen LogP contribution >= 0.6 is 0 Å². The number of likely N-dealkylation sites (tertiary alicyclic amines) is 1. The van der Waals surface area contributed by atoms with Gasteiger partial charge in [-0.1, -0.05) is 12.1 Å². The molecule has 0 saturated carbocycles. The molecule has 0 aliphatic carbocycles. The molecule has 1 atom stereocenters. The lowest BCUT2D eigenvalue weighted by atomic mass is 10.0. The van der Waals surface area contributed by atoms with Gasteiger partial charge >= 0.3 is 6.18 Å². The molecule has 1 saturated heterocycles. The van der Waals surface area contributed by atoms with Crippen molar-refractivity contribution in [2.24, 2.45) is 0 Å². The Morgan fingerprint density at radius 3 is 2.46 bits per heavy atom. The van der Waals surface area contributed by atoms with E-state index in [2.05, 4.69) is 4.74 Å². The first-order chi connectivity index (χ1) is 12.1. The molecule has 1 amide bonds. The second kappa shape index (κ2) is 8.28. The van der Waals surface area contributed by atoms with Gasteiger partial charge < -0.3 is 9.64 Å². The number of benzene rings is 1. The monoisotopic (exact) mass is 393 g/mol. The molecule has 1 aliphatic heterocycles. The molecule has 2 rings (SSSR count). The van der Waals surface area contributed by atoms with Crippen molar-refractivity contribution in [1.82, 2.24) is 4.90 Å². The zero-order valence-electron chi connectivity index (χ0n) is 14.5. The Labute approximate surface area is 151 Å². The van der Waals surface area contributed by atoms with Crippen molar-refractivity contribution >= 4 is 15.7 Å². The van der Waals surface area contributed by atoms with Crippen LogP contribution in [0.3, 0.4) is 0 Å². The van der Waals surface area contributed by atoms with E-state index in [1.54, 1.807) is 4.90 Å². The maximum absolute atomic E-state index is 12.3. The third-order valence-corrected chi connectivity index (χ3v) is 5.64. The average molecular weight is 393 g/mol. The molecule has 0 N–H and O–H groups in total. The van der Waals surface area contributed by atoms with Crippen LogP contribution in [0, 0.1) is 0 Å². The fourth-order valence-corrected chi connectivity index (χ4v) is 4.24. The van der Waals surface area contributed by atoms with E-state index in [1.807, 2.05) is 6.92 Å². The number of rotatable bonds is 6. The number of alkyl halides is 3. The van der Waals surface area contributed by atoms with Gasteiger partial charge in [0.05, 0.1) is 5.75 Å². The smallest absolute Gasteiger partial charge is 0.422 e. The summed E-state index contributed by atoms with van der Waals surface area (Å²) in [4.78, 5) is 13.9. The lowest BCUT2D eigenvalue weighted by Gasteiger charge is -2.33. The van der Waals surface area contributed by atoms with Gasteiger partial charge in [-0.3, -0.25) is 4.79 Å². The molecule has 0 bridgehead atoms. The second-order valence-electron chi connectivity index (χ2n) is 6.51. The zero-order chi connectivity index (χ0) is 19.4. The van der Waals surface area contributed by atoms with E-state index in [1.165, 1.54) is 24.3 Å². The van der Waals surface area contributed by atoms with Gasteiger partial charge in [0.2, 0.25) is 5.91 Å². The van der Waals surface area contributed by atoms with Crippen LogP contribution < -0.4 is 4.74 Å². The van der Waals surface area contributed by atoms with Crippen LogP contribution in [-0.2, 0) is 20.4 Å². The van der Waals surface area contributed by atoms with E-state index in [9.17, 15) is 26.4 Å². The molecule has 1 unspecified atom stereocenters. The number of piperidine rings is 1. The van der Waals surface area contributed by atoms with E-state index in [-0.39, 0.29) is 17.5 Å². The van der Waals surface area contributed by atoms with Crippen molar-refractivity contribution in [2.45, 2.75) is 44.2 Å². The highest BCUT2D eigenvalue weighted by Crippen LogP contribution is 2.20. The predicted molar refractivity (Wildman–Crippen MR) is 90.5 cm³/mol. The molecule has 5 nitrogen and oxygen atoms in total. The third kappa shape index (κ3) is 6.51. The van der Waals surface area contributed by atoms with Crippen LogP contribution in [-0.4, -0.2) is 50.3 Å². The first-order valence-electron chi connectivity index (χ1n) is 8.34. The standard InChI is InChI=1S/C17H22F3NO4S/c1-13-4-2-3-9-21(13)16(22)11-26(23,24)10-14-5-7-15(8-6-14)25-12-17(18,19)20/h5-8,13H,2-4,9-12H2,1H3. The Balaban J connectivity index is 1.93. The average Bonchev–Trinajstić information content (AvgIpc) is 2.53. The SMILES string of the molecule is CC1CCCCN1C(=O)CS(=O)(=O)Cc1ccc(OCC(F)(F)F)cc1. The molecule has 0 spiro atoms. The fourth-order valence-electron chi connectivity index (χ4n) is 2.89. The lowest BCUT2D eigenvalue weighted by Crippen LogP contribution is -2.44. The summed E-state index contributed by atoms with van der Waals surface area (Å²) in [6, 6.07) is 5.38. The summed E-state index contributed by atoms with van der Waals surface area (Å²) in [6.45, 7) is 1.07. The summed E-state index contributed by atoms with van der Waals surface area (Å²) in [5, 5.41) is 0. The molecule has 0 radical (unpaired) electrons. The van der Waals surface area contributed by atoms with E-state index in [4.69, 9.17) is 0 Å². The number of hydrogen-bond donors (Lipinski definition) is 0. The van der Waals surface area contributed by atoms with Gasteiger partial charge in [-0.25, -0.2) is 8.42 Å². The highest BCUT2D eigenvalue weighted by atomic mass is 32.2. The van der Waals surface area contributed by atoms with Crippen molar-refractivity contribution in [3.63, 3.8) is 0 Å². The third-order valence-electron chi connectivity index (χ3n) is 4.18. The molecule has 1 aromatic carbocycles. The summed E-state index contributed by atoms with van der Waals surface area (Å²) < 4.78 is 65.4. The van der Waals surface area contributed by atoms with E-state index >= 15 is 0 Å². The molecule has 1 heterocycles. The molecule has 1 fully saturated rings. The number of amides is 1. The molecule has 1 aliphatic rings. The van der Waals surface area contributed by atoms with Crippen LogP contribution in [0.4, 0.5) is 13.2 Å². The Morgan fingerprint density at radius 2 is 1.88 bits per heavy atom. The molecule has 146 valence electrons. The molecule has 9 heteroatoms. The number of halogens is 3. The quantitative estimate of drug-likeness (QED) is 0.746. The first-order valence-corrected chi connectivity index (χ1v) is 10.2. The summed E-state index contributed by atoms with van der Waals surface area (Å²) >= 11 is 0. The van der Waals surface area contributed by atoms with E-state index < -0.39 is 34.3 Å². The summed E-state index contributed by atoms with van der Waals surface area (Å²) in [6.07, 6.45) is -1.67. The topological polar surface area (TPSA) is 63.7 Å². The normalized spacial score (nSPS) is 18.6. The van der Waals surface area contributed by atoms with Gasteiger partial charge in [-0.15, -0.1) is 0 Å². The number of nitrogens with zero attached hydrogens (tertiary/aromatic N) is 1. The predicted octanol–water partition coefficient (Wildman–Crippen LogP) is 2.94. The summed E-state index contributed by atoms with van der Waals surface area (Å²) in [5.74, 6) is -1.31. The van der Waals surface area contributed by atoms with Gasteiger partial charge in [0.1, 0.15) is 11.5 Å². The Kier molecular flexibility index (Phi) is 6.54. The number of carbonyl (C=O) groups excluding carboxylic acids is 1. The molecular weight excluding hydrogens is 371 g/mol. The number of carbonyl (C=O) groups is 1. The summed E-state index contributed by atoms with van der Waals surface area (Å²) in [5.41, 5.74) is 0.392. The van der Waals surface area contributed by atoms with Crippen LogP contribution in [0.25, 0.3) is 0 Å². The number of sulfone groups is 1. The Bertz CT molecular complexity index is 717. The minimum Gasteiger partial charge on any atom is -0.484 e. The van der Waals surface area contributed by atoms with Gasteiger partial charge in [0, 0.05) is 12.6 Å². The van der Waals surface area contributed by atoms with E-state index in [0.29, 0.717) is 12.1 Å². The van der Waals surface area contributed by atoms with Gasteiger partial charge in [-0.2, -0.15) is 13.2 Å². The maximum atomic E-state index is 12.3.